The highest BCUT2D eigenvalue weighted by Crippen LogP contribution is 2.21. The normalized spacial score (nSPS) is 16.4. The lowest BCUT2D eigenvalue weighted by Crippen LogP contribution is -2.37. The van der Waals surface area contributed by atoms with Crippen molar-refractivity contribution in [3.63, 3.8) is 0 Å². The van der Waals surface area contributed by atoms with E-state index in [2.05, 4.69) is 31.0 Å². The lowest BCUT2D eigenvalue weighted by Gasteiger charge is -2.31. The fraction of sp³-hybridized carbons (Fsp3) is 0.400. The second-order valence-electron chi connectivity index (χ2n) is 5.45. The van der Waals surface area contributed by atoms with Crippen molar-refractivity contribution >= 4 is 21.8 Å². The molecule has 1 amide bonds. The van der Waals surface area contributed by atoms with Crippen molar-refractivity contribution in [3.8, 4) is 5.75 Å². The Kier molecular flexibility index (Phi) is 4.92. The summed E-state index contributed by atoms with van der Waals surface area (Å²) < 4.78 is 11.9. The molecule has 23 heavy (non-hydrogen) atoms. The molecular formula is C15H17BrN4O3. The van der Waals surface area contributed by atoms with Crippen LogP contribution >= 0.6 is 15.9 Å². The summed E-state index contributed by atoms with van der Waals surface area (Å²) in [5.41, 5.74) is 5.45. The molecule has 7 nitrogen and oxygen atoms in total. The third kappa shape index (κ3) is 4.29. The van der Waals surface area contributed by atoms with Crippen LogP contribution in [0.5, 0.6) is 5.75 Å². The van der Waals surface area contributed by atoms with Gasteiger partial charge < -0.3 is 15.0 Å². The molecule has 122 valence electrons. The highest BCUT2D eigenvalue weighted by molar-refractivity contribution is 9.10. The first-order valence-corrected chi connectivity index (χ1v) is 8.15. The van der Waals surface area contributed by atoms with E-state index < -0.39 is 5.91 Å². The highest BCUT2D eigenvalue weighted by Gasteiger charge is 2.22. The Morgan fingerprint density at radius 1 is 1.43 bits per heavy atom. The molecule has 0 atom stereocenters. The van der Waals surface area contributed by atoms with Crippen molar-refractivity contribution < 1.29 is 14.1 Å². The second-order valence-corrected chi connectivity index (χ2v) is 6.26. The molecule has 0 spiro atoms. The van der Waals surface area contributed by atoms with Crippen LogP contribution in [-0.2, 0) is 6.54 Å². The van der Waals surface area contributed by atoms with Gasteiger partial charge in [0.25, 0.3) is 5.91 Å². The average molecular weight is 381 g/mol. The molecule has 0 unspecified atom stereocenters. The summed E-state index contributed by atoms with van der Waals surface area (Å²) in [6.07, 6.45) is 3.47. The Morgan fingerprint density at radius 3 is 2.87 bits per heavy atom. The first-order valence-electron chi connectivity index (χ1n) is 7.36. The maximum Gasteiger partial charge on any atom is 0.267 e. The molecule has 1 aliphatic rings. The minimum Gasteiger partial charge on any atom is -0.490 e. The number of likely N-dealkylation sites (tertiary alicyclic amines) is 1. The molecule has 3 rings (SSSR count). The van der Waals surface area contributed by atoms with Crippen molar-refractivity contribution in [1.29, 1.82) is 0 Å². The first kappa shape index (κ1) is 15.9. The largest absolute Gasteiger partial charge is 0.490 e. The zero-order valence-electron chi connectivity index (χ0n) is 12.4. The van der Waals surface area contributed by atoms with Gasteiger partial charge in [-0.15, -0.1) is 0 Å². The summed E-state index contributed by atoms with van der Waals surface area (Å²) in [4.78, 5) is 17.4. The number of rotatable bonds is 5. The van der Waals surface area contributed by atoms with Gasteiger partial charge >= 0.3 is 0 Å². The minimum absolute atomic E-state index is 0.121. The van der Waals surface area contributed by atoms with Gasteiger partial charge in [0.05, 0.1) is 6.54 Å². The van der Waals surface area contributed by atoms with Crippen molar-refractivity contribution in [1.82, 2.24) is 15.0 Å². The SMILES string of the molecule is NC(=O)c1cc(OC2CCN(Cc3cc(Br)no3)CC2)ccn1. The van der Waals surface area contributed by atoms with E-state index in [9.17, 15) is 4.79 Å². The summed E-state index contributed by atoms with van der Waals surface area (Å²) in [5, 5.41) is 3.82. The number of primary amides is 1. The Hall–Kier alpha value is -1.93. The van der Waals surface area contributed by atoms with Gasteiger partial charge in [-0.3, -0.25) is 14.7 Å². The van der Waals surface area contributed by atoms with Crippen molar-refractivity contribution in [2.75, 3.05) is 13.1 Å². The quantitative estimate of drug-likeness (QED) is 0.851. The van der Waals surface area contributed by atoms with Gasteiger partial charge in [0, 0.05) is 31.4 Å². The van der Waals surface area contributed by atoms with Crippen LogP contribution in [0.3, 0.4) is 0 Å². The molecule has 0 saturated carbocycles. The molecule has 0 radical (unpaired) electrons. The lowest BCUT2D eigenvalue weighted by atomic mass is 10.1. The van der Waals surface area contributed by atoms with Crippen LogP contribution in [-0.4, -0.2) is 40.1 Å². The number of ether oxygens (including phenoxy) is 1. The summed E-state index contributed by atoms with van der Waals surface area (Å²) in [5.74, 6) is 0.923. The second kappa shape index (κ2) is 7.10. The predicted molar refractivity (Wildman–Crippen MR) is 85.9 cm³/mol. The van der Waals surface area contributed by atoms with Crippen LogP contribution < -0.4 is 10.5 Å². The van der Waals surface area contributed by atoms with E-state index in [4.69, 9.17) is 15.0 Å². The van der Waals surface area contributed by atoms with E-state index in [1.54, 1.807) is 12.1 Å². The van der Waals surface area contributed by atoms with E-state index >= 15 is 0 Å². The van der Waals surface area contributed by atoms with Crippen molar-refractivity contribution in [2.45, 2.75) is 25.5 Å². The highest BCUT2D eigenvalue weighted by atomic mass is 79.9. The number of nitrogens with two attached hydrogens (primary N) is 1. The maximum absolute atomic E-state index is 11.1. The van der Waals surface area contributed by atoms with Gasteiger partial charge in [0.2, 0.25) is 0 Å². The molecule has 1 aliphatic heterocycles. The number of carbonyl (C=O) groups is 1. The molecule has 8 heteroatoms. The van der Waals surface area contributed by atoms with Crippen LogP contribution in [0.15, 0.2) is 33.5 Å². The van der Waals surface area contributed by atoms with E-state index in [0.717, 1.165) is 38.2 Å². The Labute approximate surface area is 141 Å². The summed E-state index contributed by atoms with van der Waals surface area (Å²) in [6.45, 7) is 2.57. The third-order valence-electron chi connectivity index (χ3n) is 3.73. The smallest absolute Gasteiger partial charge is 0.267 e. The van der Waals surface area contributed by atoms with Crippen LogP contribution in [0, 0.1) is 0 Å². The molecular weight excluding hydrogens is 364 g/mol. The fourth-order valence-corrected chi connectivity index (χ4v) is 2.91. The van der Waals surface area contributed by atoms with Crippen LogP contribution in [0.1, 0.15) is 29.1 Å². The number of nitrogens with zero attached hydrogens (tertiary/aromatic N) is 3. The van der Waals surface area contributed by atoms with Crippen molar-refractivity contribution in [2.24, 2.45) is 5.73 Å². The monoisotopic (exact) mass is 380 g/mol. The average Bonchev–Trinajstić information content (AvgIpc) is 2.94. The molecule has 0 aromatic carbocycles. The predicted octanol–water partition coefficient (Wildman–Crippen LogP) is 1.97. The molecule has 3 heterocycles. The Morgan fingerprint density at radius 2 is 2.22 bits per heavy atom. The van der Waals surface area contributed by atoms with Crippen molar-refractivity contribution in [3.05, 3.63) is 40.5 Å². The molecule has 2 N–H and O–H groups in total. The zero-order chi connectivity index (χ0) is 16.2. The maximum atomic E-state index is 11.1. The van der Waals surface area contributed by atoms with E-state index in [1.165, 1.54) is 6.20 Å². The number of pyridine rings is 1. The number of hydrogen-bond acceptors (Lipinski definition) is 6. The van der Waals surface area contributed by atoms with Crippen LogP contribution in [0.2, 0.25) is 0 Å². The zero-order valence-corrected chi connectivity index (χ0v) is 14.0. The Bertz CT molecular complexity index is 683. The number of amides is 1. The van der Waals surface area contributed by atoms with Gasteiger partial charge in [0.1, 0.15) is 22.2 Å². The standard InChI is InChI=1S/C15H17BrN4O3/c16-14-8-12(23-19-14)9-20-5-2-10(3-6-20)22-11-1-4-18-13(7-11)15(17)21/h1,4,7-8,10H,2-3,5-6,9H2,(H2,17,21). The van der Waals surface area contributed by atoms with Crippen LogP contribution in [0.25, 0.3) is 0 Å². The molecule has 2 aromatic rings. The number of hydrogen-bond donors (Lipinski definition) is 1. The third-order valence-corrected chi connectivity index (χ3v) is 4.10. The summed E-state index contributed by atoms with van der Waals surface area (Å²) in [6, 6.07) is 5.20. The number of aromatic nitrogens is 2. The molecule has 0 bridgehead atoms. The minimum atomic E-state index is -0.552. The molecule has 2 aromatic heterocycles. The van der Waals surface area contributed by atoms with Gasteiger partial charge in [-0.05, 0) is 34.8 Å². The van der Waals surface area contributed by atoms with E-state index in [-0.39, 0.29) is 11.8 Å². The van der Waals surface area contributed by atoms with Gasteiger partial charge in [-0.25, -0.2) is 0 Å². The first-order chi connectivity index (χ1) is 11.1. The number of piperidine rings is 1. The molecule has 1 saturated heterocycles. The van der Waals surface area contributed by atoms with Gasteiger partial charge in [0.15, 0.2) is 5.76 Å². The van der Waals surface area contributed by atoms with E-state index in [1.807, 2.05) is 6.07 Å². The van der Waals surface area contributed by atoms with Gasteiger partial charge in [-0.2, -0.15) is 0 Å². The van der Waals surface area contributed by atoms with Crippen LogP contribution in [0.4, 0.5) is 0 Å². The summed E-state index contributed by atoms with van der Waals surface area (Å²) in [7, 11) is 0. The Balaban J connectivity index is 1.51. The molecule has 0 aliphatic carbocycles. The number of carbonyl (C=O) groups excluding carboxylic acids is 1. The lowest BCUT2D eigenvalue weighted by molar-refractivity contribution is 0.0908. The fourth-order valence-electron chi connectivity index (χ4n) is 2.58. The summed E-state index contributed by atoms with van der Waals surface area (Å²) >= 11 is 3.28. The van der Waals surface area contributed by atoms with E-state index in [0.29, 0.717) is 10.4 Å². The topological polar surface area (TPSA) is 94.5 Å². The van der Waals surface area contributed by atoms with Gasteiger partial charge in [-0.1, -0.05) is 5.16 Å². The molecule has 1 fully saturated rings. The number of halogens is 1.